The molecule has 104 valence electrons. The number of nitrogens with zero attached hydrogens (tertiary/aromatic N) is 3. The number of hydrogen-bond donors (Lipinski definition) is 1. The Bertz CT molecular complexity index is 657. The summed E-state index contributed by atoms with van der Waals surface area (Å²) in [6.07, 6.45) is 2.11. The molecule has 5 nitrogen and oxygen atoms in total. The lowest BCUT2D eigenvalue weighted by atomic mass is 10.0. The van der Waals surface area contributed by atoms with E-state index in [1.165, 1.54) is 5.56 Å². The summed E-state index contributed by atoms with van der Waals surface area (Å²) in [6, 6.07) is 8.04. The zero-order chi connectivity index (χ0) is 14.3. The van der Waals surface area contributed by atoms with Crippen molar-refractivity contribution in [3.05, 3.63) is 41.5 Å². The average molecular weight is 271 g/mol. The van der Waals surface area contributed by atoms with E-state index in [0.29, 0.717) is 11.8 Å². The van der Waals surface area contributed by atoms with Crippen LogP contribution in [-0.2, 0) is 0 Å². The highest BCUT2D eigenvalue weighted by Crippen LogP contribution is 2.39. The van der Waals surface area contributed by atoms with Crippen LogP contribution in [0.2, 0.25) is 0 Å². The summed E-state index contributed by atoms with van der Waals surface area (Å²) in [4.78, 5) is 15.3. The molecule has 3 rings (SSSR count). The van der Waals surface area contributed by atoms with Crippen LogP contribution in [0.1, 0.15) is 60.5 Å². The van der Waals surface area contributed by atoms with Gasteiger partial charge in [0.25, 0.3) is 5.82 Å². The summed E-state index contributed by atoms with van der Waals surface area (Å²) in [7, 11) is 0. The Hall–Kier alpha value is -2.17. The second-order valence-corrected chi connectivity index (χ2v) is 5.53. The summed E-state index contributed by atoms with van der Waals surface area (Å²) >= 11 is 0. The molecule has 1 fully saturated rings. The molecule has 5 heteroatoms. The van der Waals surface area contributed by atoms with Gasteiger partial charge in [0.15, 0.2) is 0 Å². The lowest BCUT2D eigenvalue weighted by Crippen LogP contribution is -2.04. The van der Waals surface area contributed by atoms with E-state index in [1.54, 1.807) is 4.68 Å². The van der Waals surface area contributed by atoms with Crippen molar-refractivity contribution >= 4 is 5.97 Å². The smallest absolute Gasteiger partial charge is 0.375 e. The molecule has 0 bridgehead atoms. The first-order chi connectivity index (χ1) is 9.56. The molecule has 1 N–H and O–H groups in total. The molecular weight excluding hydrogens is 254 g/mol. The van der Waals surface area contributed by atoms with Crippen molar-refractivity contribution in [1.82, 2.24) is 14.8 Å². The molecule has 0 aliphatic heterocycles. The molecule has 1 saturated carbocycles. The quantitative estimate of drug-likeness (QED) is 0.928. The van der Waals surface area contributed by atoms with Gasteiger partial charge in [-0.3, -0.25) is 0 Å². The SMILES string of the molecule is CC(C)c1cccc(-n2nc(C(=O)O)nc2C2CC2)c1. The number of benzene rings is 1. The first-order valence-corrected chi connectivity index (χ1v) is 6.87. The normalized spacial score (nSPS) is 14.8. The van der Waals surface area contributed by atoms with Gasteiger partial charge in [-0.2, -0.15) is 0 Å². The van der Waals surface area contributed by atoms with Crippen molar-refractivity contribution in [3.63, 3.8) is 0 Å². The summed E-state index contributed by atoms with van der Waals surface area (Å²) in [5.41, 5.74) is 2.09. The van der Waals surface area contributed by atoms with Gasteiger partial charge in [0, 0.05) is 5.92 Å². The first kappa shape index (κ1) is 12.8. The van der Waals surface area contributed by atoms with Crippen molar-refractivity contribution in [2.75, 3.05) is 0 Å². The standard InChI is InChI=1S/C15H17N3O2/c1-9(2)11-4-3-5-12(8-11)18-14(10-6-7-10)16-13(17-18)15(19)20/h3-5,8-10H,6-7H2,1-2H3,(H,19,20). The molecule has 2 aromatic rings. The molecule has 0 radical (unpaired) electrons. The second-order valence-electron chi connectivity index (χ2n) is 5.53. The van der Waals surface area contributed by atoms with Crippen molar-refractivity contribution in [3.8, 4) is 5.69 Å². The summed E-state index contributed by atoms with van der Waals surface area (Å²) < 4.78 is 1.69. The van der Waals surface area contributed by atoms with Gasteiger partial charge in [-0.05, 0) is 36.5 Å². The van der Waals surface area contributed by atoms with Crippen molar-refractivity contribution < 1.29 is 9.90 Å². The zero-order valence-corrected chi connectivity index (χ0v) is 11.6. The number of carboxylic acids is 1. The molecular formula is C15H17N3O2. The molecule has 0 spiro atoms. The minimum atomic E-state index is -1.08. The molecule has 1 aromatic carbocycles. The minimum absolute atomic E-state index is 0.123. The third-order valence-corrected chi connectivity index (χ3v) is 3.55. The zero-order valence-electron chi connectivity index (χ0n) is 11.6. The summed E-state index contributed by atoms with van der Waals surface area (Å²) in [5, 5.41) is 13.2. The maximum absolute atomic E-state index is 11.1. The molecule has 1 aromatic heterocycles. The van der Waals surface area contributed by atoms with E-state index in [1.807, 2.05) is 12.1 Å². The van der Waals surface area contributed by atoms with Gasteiger partial charge in [-0.1, -0.05) is 26.0 Å². The first-order valence-electron chi connectivity index (χ1n) is 6.87. The number of aromatic carboxylic acids is 1. The Balaban J connectivity index is 2.08. The van der Waals surface area contributed by atoms with Crippen LogP contribution in [0, 0.1) is 0 Å². The van der Waals surface area contributed by atoms with Crippen molar-refractivity contribution in [2.45, 2.75) is 38.5 Å². The number of aromatic nitrogens is 3. The van der Waals surface area contributed by atoms with Crippen LogP contribution in [0.3, 0.4) is 0 Å². The van der Waals surface area contributed by atoms with Gasteiger partial charge in [0.05, 0.1) is 5.69 Å². The number of rotatable bonds is 4. The van der Waals surface area contributed by atoms with Gasteiger partial charge in [-0.25, -0.2) is 14.5 Å². The molecule has 0 atom stereocenters. The van der Waals surface area contributed by atoms with Gasteiger partial charge in [0.2, 0.25) is 0 Å². The fourth-order valence-electron chi connectivity index (χ4n) is 2.23. The minimum Gasteiger partial charge on any atom is -0.475 e. The Morgan fingerprint density at radius 3 is 2.75 bits per heavy atom. The third kappa shape index (κ3) is 2.31. The summed E-state index contributed by atoms with van der Waals surface area (Å²) in [5.74, 6) is 0.330. The molecule has 1 aliphatic rings. The van der Waals surface area contributed by atoms with Gasteiger partial charge >= 0.3 is 5.97 Å². The Labute approximate surface area is 117 Å². The molecule has 1 heterocycles. The van der Waals surface area contributed by atoms with Crippen LogP contribution in [0.15, 0.2) is 24.3 Å². The fraction of sp³-hybridized carbons (Fsp3) is 0.400. The number of carboxylic acid groups (broad SMARTS) is 1. The van der Waals surface area contributed by atoms with E-state index < -0.39 is 5.97 Å². The van der Waals surface area contributed by atoms with Crippen LogP contribution in [-0.4, -0.2) is 25.8 Å². The van der Waals surface area contributed by atoms with E-state index in [0.717, 1.165) is 24.4 Å². The topological polar surface area (TPSA) is 68.0 Å². The van der Waals surface area contributed by atoms with Crippen LogP contribution in [0.4, 0.5) is 0 Å². The van der Waals surface area contributed by atoms with Crippen molar-refractivity contribution in [2.24, 2.45) is 0 Å². The number of hydrogen-bond acceptors (Lipinski definition) is 3. The molecule has 0 saturated heterocycles. The Morgan fingerprint density at radius 1 is 1.40 bits per heavy atom. The number of carbonyl (C=O) groups is 1. The highest BCUT2D eigenvalue weighted by molar-refractivity contribution is 5.83. The lowest BCUT2D eigenvalue weighted by Gasteiger charge is -2.09. The van der Waals surface area contributed by atoms with E-state index in [4.69, 9.17) is 5.11 Å². The van der Waals surface area contributed by atoms with E-state index >= 15 is 0 Å². The Kier molecular flexibility index (Phi) is 3.04. The van der Waals surface area contributed by atoms with Crippen LogP contribution in [0.25, 0.3) is 5.69 Å². The largest absolute Gasteiger partial charge is 0.475 e. The predicted molar refractivity (Wildman–Crippen MR) is 74.4 cm³/mol. The second kappa shape index (κ2) is 4.74. The van der Waals surface area contributed by atoms with Crippen LogP contribution in [0.5, 0.6) is 0 Å². The van der Waals surface area contributed by atoms with E-state index in [2.05, 4.69) is 36.1 Å². The van der Waals surface area contributed by atoms with E-state index in [9.17, 15) is 4.79 Å². The Morgan fingerprint density at radius 2 is 2.15 bits per heavy atom. The van der Waals surface area contributed by atoms with E-state index in [-0.39, 0.29) is 5.82 Å². The van der Waals surface area contributed by atoms with Crippen LogP contribution >= 0.6 is 0 Å². The summed E-state index contributed by atoms with van der Waals surface area (Å²) in [6.45, 7) is 4.26. The third-order valence-electron chi connectivity index (χ3n) is 3.55. The van der Waals surface area contributed by atoms with Gasteiger partial charge in [0.1, 0.15) is 5.82 Å². The monoisotopic (exact) mass is 271 g/mol. The lowest BCUT2D eigenvalue weighted by molar-refractivity contribution is 0.0683. The van der Waals surface area contributed by atoms with Gasteiger partial charge in [-0.15, -0.1) is 5.10 Å². The highest BCUT2D eigenvalue weighted by Gasteiger charge is 2.31. The predicted octanol–water partition coefficient (Wildman–Crippen LogP) is 2.97. The maximum Gasteiger partial charge on any atom is 0.375 e. The maximum atomic E-state index is 11.1. The fourth-order valence-corrected chi connectivity index (χ4v) is 2.23. The molecule has 20 heavy (non-hydrogen) atoms. The molecule has 0 unspecified atom stereocenters. The van der Waals surface area contributed by atoms with Gasteiger partial charge < -0.3 is 5.11 Å². The highest BCUT2D eigenvalue weighted by atomic mass is 16.4. The molecule has 0 amide bonds. The van der Waals surface area contributed by atoms with Crippen LogP contribution < -0.4 is 0 Å². The van der Waals surface area contributed by atoms with Crippen molar-refractivity contribution in [1.29, 1.82) is 0 Å². The average Bonchev–Trinajstić information content (AvgIpc) is 3.17. The molecule has 1 aliphatic carbocycles.